The number of thiophene rings is 1. The highest BCUT2D eigenvalue weighted by Crippen LogP contribution is 2.32. The lowest BCUT2D eigenvalue weighted by Crippen LogP contribution is -2.34. The van der Waals surface area contributed by atoms with Gasteiger partial charge in [0.25, 0.3) is 5.91 Å². The molecule has 0 aliphatic carbocycles. The van der Waals surface area contributed by atoms with Gasteiger partial charge in [-0.25, -0.2) is 8.42 Å². The van der Waals surface area contributed by atoms with E-state index < -0.39 is 15.1 Å². The van der Waals surface area contributed by atoms with Crippen molar-refractivity contribution in [1.29, 1.82) is 0 Å². The fourth-order valence-corrected chi connectivity index (χ4v) is 5.56. The molecule has 100 valence electrons. The summed E-state index contributed by atoms with van der Waals surface area (Å²) in [5.74, 6) is 0.0115. The lowest BCUT2D eigenvalue weighted by atomic mass is 10.2. The van der Waals surface area contributed by atoms with Crippen LogP contribution in [-0.4, -0.2) is 31.9 Å². The molecule has 2 heterocycles. The minimum Gasteiger partial charge on any atom is -0.350 e. The molecule has 18 heavy (non-hydrogen) atoms. The Balaban J connectivity index is 1.97. The smallest absolute Gasteiger partial charge is 0.261 e. The summed E-state index contributed by atoms with van der Waals surface area (Å²) in [4.78, 5) is 12.4. The van der Waals surface area contributed by atoms with E-state index >= 15 is 0 Å². The molecule has 1 unspecified atom stereocenters. The van der Waals surface area contributed by atoms with E-state index in [4.69, 9.17) is 0 Å². The van der Waals surface area contributed by atoms with Gasteiger partial charge in [0.15, 0.2) is 9.84 Å². The summed E-state index contributed by atoms with van der Waals surface area (Å²) < 4.78 is 24.9. The van der Waals surface area contributed by atoms with Crippen LogP contribution in [-0.2, 0) is 9.84 Å². The Kier molecular flexibility index (Phi) is 4.51. The van der Waals surface area contributed by atoms with Crippen LogP contribution in [0.2, 0.25) is 0 Å². The van der Waals surface area contributed by atoms with Crippen molar-refractivity contribution in [3.05, 3.63) is 19.2 Å². The fraction of sp³-hybridized carbons (Fsp3) is 0.500. The van der Waals surface area contributed by atoms with Gasteiger partial charge in [0, 0.05) is 11.0 Å². The number of carbonyl (C=O) groups excluding carboxylic acids is 1. The number of hydrogen-bond donors (Lipinski definition) is 1. The molecule has 1 aliphatic rings. The van der Waals surface area contributed by atoms with E-state index in [9.17, 15) is 13.2 Å². The van der Waals surface area contributed by atoms with Crippen molar-refractivity contribution in [3.63, 3.8) is 0 Å². The Morgan fingerprint density at radius 2 is 2.22 bits per heavy atom. The molecule has 1 aromatic heterocycles. The van der Waals surface area contributed by atoms with Gasteiger partial charge in [-0.3, -0.25) is 4.79 Å². The van der Waals surface area contributed by atoms with Gasteiger partial charge in [-0.1, -0.05) is 0 Å². The molecule has 0 aromatic carbocycles. The molecule has 2 rings (SSSR count). The third-order valence-corrected chi connectivity index (χ3v) is 8.35. The SMILES string of the molecule is O=C(NCC1CCCS1(=O)=O)c1cc(Br)c(Br)s1. The van der Waals surface area contributed by atoms with Crippen LogP contribution in [0.1, 0.15) is 22.5 Å². The molecule has 1 atom stereocenters. The zero-order chi connectivity index (χ0) is 13.3. The number of sulfone groups is 1. The van der Waals surface area contributed by atoms with Gasteiger partial charge in [-0.05, 0) is 50.8 Å². The highest BCUT2D eigenvalue weighted by atomic mass is 79.9. The first-order chi connectivity index (χ1) is 8.40. The van der Waals surface area contributed by atoms with Crippen LogP contribution in [0.25, 0.3) is 0 Å². The van der Waals surface area contributed by atoms with Gasteiger partial charge in [-0.2, -0.15) is 0 Å². The van der Waals surface area contributed by atoms with E-state index in [0.717, 1.165) is 8.26 Å². The third kappa shape index (κ3) is 3.15. The molecule has 0 spiro atoms. The predicted molar refractivity (Wildman–Crippen MR) is 78.9 cm³/mol. The van der Waals surface area contributed by atoms with Crippen molar-refractivity contribution in [3.8, 4) is 0 Å². The zero-order valence-electron chi connectivity index (χ0n) is 9.28. The van der Waals surface area contributed by atoms with Crippen molar-refractivity contribution in [2.45, 2.75) is 18.1 Å². The third-order valence-electron chi connectivity index (χ3n) is 2.82. The second-order valence-corrected chi connectivity index (χ2v) is 9.70. The molecule has 0 saturated carbocycles. The van der Waals surface area contributed by atoms with Gasteiger partial charge in [0.1, 0.15) is 0 Å². The average molecular weight is 417 g/mol. The maximum Gasteiger partial charge on any atom is 0.261 e. The molecule has 1 fully saturated rings. The van der Waals surface area contributed by atoms with Crippen molar-refractivity contribution in [2.24, 2.45) is 0 Å². The monoisotopic (exact) mass is 415 g/mol. The fourth-order valence-electron chi connectivity index (χ4n) is 1.84. The van der Waals surface area contributed by atoms with Crippen LogP contribution in [0.5, 0.6) is 0 Å². The van der Waals surface area contributed by atoms with Gasteiger partial charge in [-0.15, -0.1) is 11.3 Å². The summed E-state index contributed by atoms with van der Waals surface area (Å²) in [6.45, 7) is 0.203. The first kappa shape index (κ1) is 14.5. The molecule has 1 aliphatic heterocycles. The number of rotatable bonds is 3. The van der Waals surface area contributed by atoms with E-state index in [2.05, 4.69) is 37.2 Å². The molecule has 1 aromatic rings. The lowest BCUT2D eigenvalue weighted by Gasteiger charge is -2.09. The van der Waals surface area contributed by atoms with E-state index in [1.165, 1.54) is 11.3 Å². The molecular weight excluding hydrogens is 406 g/mol. The summed E-state index contributed by atoms with van der Waals surface area (Å²) in [7, 11) is -3.00. The lowest BCUT2D eigenvalue weighted by molar-refractivity contribution is 0.0957. The Bertz CT molecular complexity index is 548. The van der Waals surface area contributed by atoms with Gasteiger partial charge in [0.2, 0.25) is 0 Å². The minimum absolute atomic E-state index is 0.203. The normalized spacial score (nSPS) is 22.0. The second kappa shape index (κ2) is 5.60. The van der Waals surface area contributed by atoms with Crippen LogP contribution >= 0.6 is 43.2 Å². The summed E-state index contributed by atoms with van der Waals surface area (Å²) in [5.41, 5.74) is 0. The Hall–Kier alpha value is 0.0800. The van der Waals surface area contributed by atoms with E-state index in [-0.39, 0.29) is 18.2 Å². The quantitative estimate of drug-likeness (QED) is 0.823. The van der Waals surface area contributed by atoms with Crippen LogP contribution in [0, 0.1) is 0 Å². The molecule has 8 heteroatoms. The molecule has 1 saturated heterocycles. The maximum atomic E-state index is 11.8. The van der Waals surface area contributed by atoms with Gasteiger partial charge >= 0.3 is 0 Å². The van der Waals surface area contributed by atoms with Crippen molar-refractivity contribution < 1.29 is 13.2 Å². The number of nitrogens with one attached hydrogen (secondary N) is 1. The molecule has 1 N–H and O–H groups in total. The summed E-state index contributed by atoms with van der Waals surface area (Å²) >= 11 is 7.94. The van der Waals surface area contributed by atoms with Crippen molar-refractivity contribution >= 4 is 58.9 Å². The van der Waals surface area contributed by atoms with Crippen molar-refractivity contribution in [1.82, 2.24) is 5.32 Å². The summed E-state index contributed by atoms with van der Waals surface area (Å²) in [5, 5.41) is 2.26. The van der Waals surface area contributed by atoms with Crippen LogP contribution < -0.4 is 5.32 Å². The molecule has 0 bridgehead atoms. The van der Waals surface area contributed by atoms with Crippen molar-refractivity contribution in [2.75, 3.05) is 12.3 Å². The summed E-state index contributed by atoms with van der Waals surface area (Å²) in [6.07, 6.45) is 1.33. The molecule has 4 nitrogen and oxygen atoms in total. The zero-order valence-corrected chi connectivity index (χ0v) is 14.1. The Morgan fingerprint density at radius 1 is 1.50 bits per heavy atom. The van der Waals surface area contributed by atoms with Crippen LogP contribution in [0.4, 0.5) is 0 Å². The van der Waals surface area contributed by atoms with E-state index in [1.807, 2.05) is 0 Å². The predicted octanol–water partition coefficient (Wildman–Crippen LogP) is 2.58. The topological polar surface area (TPSA) is 63.2 Å². The Labute approximate surface area is 126 Å². The van der Waals surface area contributed by atoms with Crippen LogP contribution in [0.15, 0.2) is 14.3 Å². The standard InChI is InChI=1S/C10H11Br2NO3S2/c11-7-4-8(17-9(7)12)10(14)13-5-6-2-1-3-18(6,15)16/h4,6H,1-3,5H2,(H,13,14). The number of halogens is 2. The van der Waals surface area contributed by atoms with Crippen LogP contribution in [0.3, 0.4) is 0 Å². The number of amides is 1. The van der Waals surface area contributed by atoms with Gasteiger partial charge in [0.05, 0.1) is 19.7 Å². The Morgan fingerprint density at radius 3 is 2.72 bits per heavy atom. The highest BCUT2D eigenvalue weighted by molar-refractivity contribution is 9.13. The average Bonchev–Trinajstić information content (AvgIpc) is 2.79. The molecule has 0 radical (unpaired) electrons. The first-order valence-electron chi connectivity index (χ1n) is 5.35. The second-order valence-electron chi connectivity index (χ2n) is 4.07. The van der Waals surface area contributed by atoms with E-state index in [0.29, 0.717) is 17.7 Å². The number of carbonyl (C=O) groups is 1. The number of hydrogen-bond acceptors (Lipinski definition) is 4. The molecular formula is C10H11Br2NO3S2. The maximum absolute atomic E-state index is 11.8. The highest BCUT2D eigenvalue weighted by Gasteiger charge is 2.31. The molecule has 1 amide bonds. The van der Waals surface area contributed by atoms with Gasteiger partial charge < -0.3 is 5.32 Å². The minimum atomic E-state index is -3.00. The summed E-state index contributed by atoms with van der Waals surface area (Å²) in [6, 6.07) is 1.72. The first-order valence-corrected chi connectivity index (χ1v) is 9.46. The largest absolute Gasteiger partial charge is 0.350 e. The van der Waals surface area contributed by atoms with E-state index in [1.54, 1.807) is 6.07 Å².